The predicted octanol–water partition coefficient (Wildman–Crippen LogP) is 2.15. The number of anilines is 1. The van der Waals surface area contributed by atoms with Crippen molar-refractivity contribution in [2.45, 2.75) is 38.4 Å². The van der Waals surface area contributed by atoms with Crippen molar-refractivity contribution in [1.29, 1.82) is 0 Å². The number of likely N-dealkylation sites (tertiary alicyclic amines) is 1. The SMILES string of the molecule is CC(=O)N1CCCCC1c1cc(C(F)(F)F)nc(N)n1. The molecule has 0 saturated carbocycles. The van der Waals surface area contributed by atoms with Gasteiger partial charge in [-0.3, -0.25) is 4.79 Å². The number of amides is 1. The van der Waals surface area contributed by atoms with E-state index in [9.17, 15) is 18.0 Å². The summed E-state index contributed by atoms with van der Waals surface area (Å²) in [5.74, 6) is -0.607. The molecule has 1 fully saturated rings. The van der Waals surface area contributed by atoms with Crippen molar-refractivity contribution >= 4 is 11.9 Å². The molecule has 1 atom stereocenters. The zero-order chi connectivity index (χ0) is 14.9. The summed E-state index contributed by atoms with van der Waals surface area (Å²) >= 11 is 0. The molecule has 0 spiro atoms. The molecule has 2 rings (SSSR count). The number of nitrogens with zero attached hydrogens (tertiary/aromatic N) is 3. The molecule has 1 aliphatic rings. The molecule has 0 radical (unpaired) electrons. The van der Waals surface area contributed by atoms with Gasteiger partial charge in [0.1, 0.15) is 5.69 Å². The molecule has 8 heteroatoms. The summed E-state index contributed by atoms with van der Waals surface area (Å²) < 4.78 is 38.2. The lowest BCUT2D eigenvalue weighted by molar-refractivity contribution is -0.141. The molecule has 5 nitrogen and oxygen atoms in total. The molecule has 110 valence electrons. The Morgan fingerprint density at radius 2 is 2.10 bits per heavy atom. The molecule has 0 bridgehead atoms. The fourth-order valence-electron chi connectivity index (χ4n) is 2.42. The van der Waals surface area contributed by atoms with E-state index in [1.807, 2.05) is 0 Å². The molecule has 20 heavy (non-hydrogen) atoms. The Balaban J connectivity index is 2.40. The predicted molar refractivity (Wildman–Crippen MR) is 65.4 cm³/mol. The van der Waals surface area contributed by atoms with Gasteiger partial charge < -0.3 is 10.6 Å². The van der Waals surface area contributed by atoms with E-state index < -0.39 is 23.9 Å². The van der Waals surface area contributed by atoms with Crippen LogP contribution >= 0.6 is 0 Å². The van der Waals surface area contributed by atoms with E-state index in [4.69, 9.17) is 5.73 Å². The third-order valence-electron chi connectivity index (χ3n) is 3.30. The maximum Gasteiger partial charge on any atom is 0.433 e. The topological polar surface area (TPSA) is 72.1 Å². The second-order valence-corrected chi connectivity index (χ2v) is 4.76. The number of nitrogens with two attached hydrogens (primary N) is 1. The van der Waals surface area contributed by atoms with Gasteiger partial charge in [0.05, 0.1) is 11.7 Å². The van der Waals surface area contributed by atoms with Crippen LogP contribution in [0.1, 0.15) is 43.6 Å². The lowest BCUT2D eigenvalue weighted by Gasteiger charge is -2.34. The Morgan fingerprint density at radius 3 is 2.70 bits per heavy atom. The van der Waals surface area contributed by atoms with E-state index in [0.29, 0.717) is 13.0 Å². The highest BCUT2D eigenvalue weighted by Crippen LogP contribution is 2.34. The average Bonchev–Trinajstić information content (AvgIpc) is 2.37. The number of carbonyl (C=O) groups is 1. The Labute approximate surface area is 114 Å². The number of nitrogen functional groups attached to an aromatic ring is 1. The number of rotatable bonds is 1. The van der Waals surface area contributed by atoms with E-state index in [1.54, 1.807) is 0 Å². The van der Waals surface area contributed by atoms with Gasteiger partial charge in [-0.15, -0.1) is 0 Å². The van der Waals surface area contributed by atoms with E-state index in [-0.39, 0.29) is 11.6 Å². The molecule has 2 N–H and O–H groups in total. The molecular formula is C12H15F3N4O. The van der Waals surface area contributed by atoms with Crippen molar-refractivity contribution in [2.24, 2.45) is 0 Å². The number of hydrogen-bond acceptors (Lipinski definition) is 4. The fourth-order valence-corrected chi connectivity index (χ4v) is 2.42. The van der Waals surface area contributed by atoms with Gasteiger partial charge in [0.15, 0.2) is 0 Å². The molecule has 1 aromatic rings. The van der Waals surface area contributed by atoms with Crippen LogP contribution in [0.4, 0.5) is 19.1 Å². The van der Waals surface area contributed by atoms with Crippen molar-refractivity contribution in [1.82, 2.24) is 14.9 Å². The first kappa shape index (κ1) is 14.5. The third kappa shape index (κ3) is 3.00. The second kappa shape index (κ2) is 5.26. The van der Waals surface area contributed by atoms with Crippen molar-refractivity contribution < 1.29 is 18.0 Å². The summed E-state index contributed by atoms with van der Waals surface area (Å²) in [5, 5.41) is 0. The summed E-state index contributed by atoms with van der Waals surface area (Å²) in [4.78, 5) is 20.2. The lowest BCUT2D eigenvalue weighted by Crippen LogP contribution is -2.37. The zero-order valence-corrected chi connectivity index (χ0v) is 10.9. The van der Waals surface area contributed by atoms with Crippen LogP contribution in [0, 0.1) is 0 Å². The van der Waals surface area contributed by atoms with E-state index >= 15 is 0 Å². The highest BCUT2D eigenvalue weighted by Gasteiger charge is 2.35. The first-order chi connectivity index (χ1) is 9.29. The van der Waals surface area contributed by atoms with Crippen molar-refractivity contribution in [3.8, 4) is 0 Å². The molecule has 1 saturated heterocycles. The van der Waals surface area contributed by atoms with Crippen LogP contribution in [0.15, 0.2) is 6.07 Å². The maximum atomic E-state index is 12.7. The number of piperidine rings is 1. The average molecular weight is 288 g/mol. The van der Waals surface area contributed by atoms with Gasteiger partial charge in [-0.05, 0) is 25.3 Å². The second-order valence-electron chi connectivity index (χ2n) is 4.76. The molecule has 1 aliphatic heterocycles. The lowest BCUT2D eigenvalue weighted by atomic mass is 9.98. The number of halogens is 3. The summed E-state index contributed by atoms with van der Waals surface area (Å²) in [6, 6.07) is 0.412. The molecule has 0 aliphatic carbocycles. The van der Waals surface area contributed by atoms with E-state index in [0.717, 1.165) is 18.9 Å². The van der Waals surface area contributed by atoms with Gasteiger partial charge in [0, 0.05) is 13.5 Å². The van der Waals surface area contributed by atoms with Gasteiger partial charge in [0.25, 0.3) is 0 Å². The number of aromatic nitrogens is 2. The van der Waals surface area contributed by atoms with E-state index in [1.165, 1.54) is 11.8 Å². The van der Waals surface area contributed by atoms with Crippen LogP contribution in [-0.2, 0) is 11.0 Å². The Hall–Kier alpha value is -1.86. The summed E-state index contributed by atoms with van der Waals surface area (Å²) in [7, 11) is 0. The number of hydrogen-bond donors (Lipinski definition) is 1. The zero-order valence-electron chi connectivity index (χ0n) is 10.9. The molecule has 1 amide bonds. The van der Waals surface area contributed by atoms with Gasteiger partial charge in [-0.25, -0.2) is 9.97 Å². The standard InChI is InChI=1S/C12H15F3N4O/c1-7(20)19-5-3-2-4-9(19)8-6-10(12(13,14)15)18-11(16)17-8/h6,9H,2-5H2,1H3,(H2,16,17,18). The summed E-state index contributed by atoms with van der Waals surface area (Å²) in [5.41, 5.74) is 4.44. The van der Waals surface area contributed by atoms with Gasteiger partial charge in [-0.2, -0.15) is 13.2 Å². The molecule has 2 heterocycles. The van der Waals surface area contributed by atoms with Crippen LogP contribution < -0.4 is 5.73 Å². The molecule has 1 aromatic heterocycles. The van der Waals surface area contributed by atoms with Crippen LogP contribution in [0.3, 0.4) is 0 Å². The molecule has 1 unspecified atom stereocenters. The minimum absolute atomic E-state index is 0.153. The normalized spacial score (nSPS) is 20.0. The van der Waals surface area contributed by atoms with E-state index in [2.05, 4.69) is 9.97 Å². The minimum Gasteiger partial charge on any atom is -0.368 e. The quantitative estimate of drug-likeness (QED) is 0.859. The Kier molecular flexibility index (Phi) is 3.82. The highest BCUT2D eigenvalue weighted by molar-refractivity contribution is 5.73. The highest BCUT2D eigenvalue weighted by atomic mass is 19.4. The maximum absolute atomic E-state index is 12.7. The van der Waals surface area contributed by atoms with Crippen molar-refractivity contribution in [3.63, 3.8) is 0 Å². The number of carbonyl (C=O) groups excluding carboxylic acids is 1. The van der Waals surface area contributed by atoms with Crippen LogP contribution in [0.2, 0.25) is 0 Å². The van der Waals surface area contributed by atoms with Crippen LogP contribution in [-0.4, -0.2) is 27.3 Å². The van der Waals surface area contributed by atoms with Gasteiger partial charge in [0.2, 0.25) is 11.9 Å². The number of alkyl halides is 3. The fraction of sp³-hybridized carbons (Fsp3) is 0.583. The molecule has 0 aromatic carbocycles. The third-order valence-corrected chi connectivity index (χ3v) is 3.30. The van der Waals surface area contributed by atoms with Crippen LogP contribution in [0.5, 0.6) is 0 Å². The molecular weight excluding hydrogens is 273 g/mol. The first-order valence-corrected chi connectivity index (χ1v) is 6.28. The monoisotopic (exact) mass is 288 g/mol. The van der Waals surface area contributed by atoms with Crippen LogP contribution in [0.25, 0.3) is 0 Å². The smallest absolute Gasteiger partial charge is 0.368 e. The largest absolute Gasteiger partial charge is 0.433 e. The first-order valence-electron chi connectivity index (χ1n) is 6.28. The Morgan fingerprint density at radius 1 is 1.40 bits per heavy atom. The van der Waals surface area contributed by atoms with Gasteiger partial charge >= 0.3 is 6.18 Å². The summed E-state index contributed by atoms with van der Waals surface area (Å²) in [6.07, 6.45) is -2.34. The minimum atomic E-state index is -4.58. The van der Waals surface area contributed by atoms with Crippen molar-refractivity contribution in [2.75, 3.05) is 12.3 Å². The van der Waals surface area contributed by atoms with Crippen molar-refractivity contribution in [3.05, 3.63) is 17.5 Å². The Bertz CT molecular complexity index is 518. The van der Waals surface area contributed by atoms with Gasteiger partial charge in [-0.1, -0.05) is 0 Å². The summed E-state index contributed by atoms with van der Waals surface area (Å²) in [6.45, 7) is 1.92.